The van der Waals surface area contributed by atoms with Crippen LogP contribution in [0.25, 0.3) is 86.2 Å². The maximum absolute atomic E-state index is 2.45. The van der Waals surface area contributed by atoms with Gasteiger partial charge in [-0.2, -0.15) is 0 Å². The highest BCUT2D eigenvalue weighted by Crippen LogP contribution is 2.47. The molecule has 0 saturated carbocycles. The normalized spacial score (nSPS) is 12.1. The zero-order valence-electron chi connectivity index (χ0n) is 38.6. The second kappa shape index (κ2) is 16.3. The highest BCUT2D eigenvalue weighted by molar-refractivity contribution is 7.26. The van der Waals surface area contributed by atoms with Crippen LogP contribution in [0.4, 0.5) is 17.1 Å². The highest BCUT2D eigenvalue weighted by Gasteiger charge is 2.24. The quantitative estimate of drug-likeness (QED) is 0.154. The molecule has 11 aromatic rings. The molecule has 0 unspecified atom stereocenters. The maximum atomic E-state index is 2.45. The van der Waals surface area contributed by atoms with E-state index in [-0.39, 0.29) is 10.8 Å². The molecule has 0 spiro atoms. The molecule has 0 amide bonds. The lowest BCUT2D eigenvalue weighted by molar-refractivity contribution is 0.569. The van der Waals surface area contributed by atoms with Gasteiger partial charge in [-0.15, -0.1) is 11.3 Å². The molecule has 1 nitrogen and oxygen atoms in total. The van der Waals surface area contributed by atoms with Crippen molar-refractivity contribution in [2.75, 3.05) is 4.90 Å². The van der Waals surface area contributed by atoms with Crippen molar-refractivity contribution < 1.29 is 0 Å². The third-order valence-corrected chi connectivity index (χ3v) is 14.6. The van der Waals surface area contributed by atoms with Gasteiger partial charge in [-0.05, 0) is 125 Å². The number of fused-ring (bicyclic) bond motifs is 5. The molecule has 0 atom stereocenters. The number of hydrogen-bond acceptors (Lipinski definition) is 2. The minimum absolute atomic E-state index is 0.000310. The summed E-state index contributed by atoms with van der Waals surface area (Å²) in [6.45, 7) is 13.9. The van der Waals surface area contributed by atoms with Gasteiger partial charge in [-0.3, -0.25) is 0 Å². The van der Waals surface area contributed by atoms with Crippen molar-refractivity contribution >= 4 is 70.1 Å². The van der Waals surface area contributed by atoms with Gasteiger partial charge in [0, 0.05) is 37.1 Å². The molecule has 0 bridgehead atoms. The van der Waals surface area contributed by atoms with E-state index in [1.54, 1.807) is 0 Å². The Morgan fingerprint density at radius 1 is 0.348 bits per heavy atom. The molecule has 0 fully saturated rings. The lowest BCUT2D eigenvalue weighted by Crippen LogP contribution is -2.16. The van der Waals surface area contributed by atoms with E-state index in [9.17, 15) is 0 Å². The largest absolute Gasteiger partial charge is 0.310 e. The molecule has 0 N–H and O–H groups in total. The molecule has 0 aliphatic heterocycles. The zero-order valence-corrected chi connectivity index (χ0v) is 39.4. The number of rotatable bonds is 7. The molecule has 10 aromatic carbocycles. The van der Waals surface area contributed by atoms with E-state index in [4.69, 9.17) is 0 Å². The van der Waals surface area contributed by atoms with Crippen molar-refractivity contribution in [2.45, 2.75) is 52.4 Å². The molecule has 2 heteroatoms. The van der Waals surface area contributed by atoms with Crippen molar-refractivity contribution in [3.8, 4) is 44.5 Å². The lowest BCUT2D eigenvalue weighted by atomic mass is 9.78. The highest BCUT2D eigenvalue weighted by atomic mass is 32.1. The second-order valence-electron chi connectivity index (χ2n) is 19.8. The smallest absolute Gasteiger partial charge is 0.0540 e. The lowest BCUT2D eigenvalue weighted by Gasteiger charge is -2.29. The van der Waals surface area contributed by atoms with Gasteiger partial charge < -0.3 is 4.90 Å². The van der Waals surface area contributed by atoms with E-state index >= 15 is 0 Å². The fourth-order valence-electron chi connectivity index (χ4n) is 9.72. The van der Waals surface area contributed by atoms with Crippen LogP contribution in [0.1, 0.15) is 52.7 Å². The summed E-state index contributed by atoms with van der Waals surface area (Å²) in [6, 6.07) is 79.0. The van der Waals surface area contributed by atoms with E-state index in [1.807, 2.05) is 11.3 Å². The van der Waals surface area contributed by atoms with Crippen LogP contribution in [0.3, 0.4) is 0 Å². The average Bonchev–Trinajstić information content (AvgIpc) is 3.73. The monoisotopic (exact) mass is 867 g/mol. The first kappa shape index (κ1) is 41.4. The summed E-state index contributed by atoms with van der Waals surface area (Å²) < 4.78 is 2.65. The van der Waals surface area contributed by atoms with Gasteiger partial charge in [-0.25, -0.2) is 0 Å². The Hall–Kier alpha value is -7.26. The van der Waals surface area contributed by atoms with E-state index in [0.717, 1.165) is 17.1 Å². The van der Waals surface area contributed by atoms with Gasteiger partial charge in [0.05, 0.1) is 5.69 Å². The Kier molecular flexibility index (Phi) is 10.2. The van der Waals surface area contributed by atoms with Crippen LogP contribution in [0.5, 0.6) is 0 Å². The molecule has 0 aliphatic carbocycles. The summed E-state index contributed by atoms with van der Waals surface area (Å²) in [5.74, 6) is 0. The number of para-hydroxylation sites is 1. The average molecular weight is 868 g/mol. The predicted molar refractivity (Wildman–Crippen MR) is 288 cm³/mol. The van der Waals surface area contributed by atoms with Crippen LogP contribution in [-0.4, -0.2) is 0 Å². The van der Waals surface area contributed by atoms with Crippen molar-refractivity contribution in [1.82, 2.24) is 0 Å². The summed E-state index contributed by atoms with van der Waals surface area (Å²) in [6.07, 6.45) is 0. The van der Waals surface area contributed by atoms with Gasteiger partial charge in [0.2, 0.25) is 0 Å². The number of nitrogens with zero attached hydrogens (tertiary/aromatic N) is 1. The molecule has 0 aliphatic rings. The van der Waals surface area contributed by atoms with Crippen molar-refractivity contribution in [2.24, 2.45) is 0 Å². The molecule has 1 aromatic heterocycles. The molecule has 320 valence electrons. The number of thiophene rings is 1. The number of anilines is 3. The number of hydrogen-bond donors (Lipinski definition) is 0. The van der Waals surface area contributed by atoms with E-state index < -0.39 is 0 Å². The predicted octanol–water partition coefficient (Wildman–Crippen LogP) is 19.1. The first-order chi connectivity index (χ1) is 32.0. The summed E-state index contributed by atoms with van der Waals surface area (Å²) in [5.41, 5.74) is 15.8. The summed E-state index contributed by atoms with van der Waals surface area (Å²) in [5, 5.41) is 7.62. The zero-order chi connectivity index (χ0) is 45.2. The maximum Gasteiger partial charge on any atom is 0.0540 e. The Bertz CT molecular complexity index is 3560. The molecule has 11 rings (SSSR count). The van der Waals surface area contributed by atoms with E-state index in [0.29, 0.717) is 0 Å². The minimum atomic E-state index is 0.000310. The van der Waals surface area contributed by atoms with E-state index in [1.165, 1.54) is 97.4 Å². The molecule has 66 heavy (non-hydrogen) atoms. The molecule has 0 saturated heterocycles. The molecule has 1 heterocycles. The van der Waals surface area contributed by atoms with Gasteiger partial charge in [0.25, 0.3) is 0 Å². The Morgan fingerprint density at radius 2 is 0.879 bits per heavy atom. The fraction of sp³-hybridized carbons (Fsp3) is 0.125. The first-order valence-electron chi connectivity index (χ1n) is 23.2. The Labute approximate surface area is 393 Å². The van der Waals surface area contributed by atoms with Gasteiger partial charge in [0.1, 0.15) is 0 Å². The topological polar surface area (TPSA) is 3.24 Å². The van der Waals surface area contributed by atoms with Crippen molar-refractivity contribution in [3.05, 3.63) is 223 Å². The van der Waals surface area contributed by atoms with Crippen LogP contribution in [0, 0.1) is 0 Å². The van der Waals surface area contributed by atoms with Gasteiger partial charge in [0.15, 0.2) is 0 Å². The Morgan fingerprint density at radius 3 is 1.59 bits per heavy atom. The van der Waals surface area contributed by atoms with Crippen LogP contribution in [0.15, 0.2) is 212 Å². The van der Waals surface area contributed by atoms with Crippen LogP contribution >= 0.6 is 11.3 Å². The van der Waals surface area contributed by atoms with Gasteiger partial charge >= 0.3 is 0 Å². The molecule has 0 radical (unpaired) electrons. The SMILES string of the molecule is CC(C)(C)c1cc(-c2cccc3cccc(-c4ccccc4N(c4ccc(-c5ccc6ccccc6c5)cc4)c4ccc(-c5cccc6c5sc5ccccc56)cc4)c23)cc(C(C)(C)C)c1. The Balaban J connectivity index is 1.09. The van der Waals surface area contributed by atoms with E-state index in [2.05, 4.69) is 259 Å². The number of benzene rings is 10. The summed E-state index contributed by atoms with van der Waals surface area (Å²) in [4.78, 5) is 2.45. The third kappa shape index (κ3) is 7.56. The molecular formula is C64H53NS. The van der Waals surface area contributed by atoms with Crippen molar-refractivity contribution in [1.29, 1.82) is 0 Å². The van der Waals surface area contributed by atoms with Crippen LogP contribution in [-0.2, 0) is 10.8 Å². The summed E-state index contributed by atoms with van der Waals surface area (Å²) >= 11 is 1.88. The standard InChI is InChI=1S/C64H53NS/c1-63(2,3)49-39-48(40-50(41-49)64(4,5)6)53-22-13-18-45-19-14-24-57(61(45)53)55-20-9-11-26-59(55)65(51-34-30-43(31-35-51)47-29-28-42-16-7-8-17-46(42)38-47)52-36-32-44(33-37-52)54-23-15-25-58-56-21-10-12-27-60(56)66-62(54)58/h7-41H,1-6H3. The van der Waals surface area contributed by atoms with Gasteiger partial charge in [-0.1, -0.05) is 211 Å². The first-order valence-corrected chi connectivity index (χ1v) is 24.0. The second-order valence-corrected chi connectivity index (χ2v) is 20.8. The third-order valence-electron chi connectivity index (χ3n) is 13.4. The fourth-order valence-corrected chi connectivity index (χ4v) is 11.0. The minimum Gasteiger partial charge on any atom is -0.310 e. The van der Waals surface area contributed by atoms with Crippen LogP contribution < -0.4 is 4.90 Å². The van der Waals surface area contributed by atoms with Crippen molar-refractivity contribution in [3.63, 3.8) is 0 Å². The molecular weight excluding hydrogens is 815 g/mol. The van der Waals surface area contributed by atoms with Crippen LogP contribution in [0.2, 0.25) is 0 Å². The summed E-state index contributed by atoms with van der Waals surface area (Å²) in [7, 11) is 0.